The van der Waals surface area contributed by atoms with Crippen LogP contribution in [0.15, 0.2) is 0 Å². The van der Waals surface area contributed by atoms with Crippen molar-refractivity contribution < 1.29 is 27.8 Å². The second-order valence-electron chi connectivity index (χ2n) is 5.19. The summed E-state index contributed by atoms with van der Waals surface area (Å²) in [5.41, 5.74) is -0.622. The largest absolute Gasteiger partial charge is 0.376 e. The van der Waals surface area contributed by atoms with Crippen LogP contribution < -0.4 is 0 Å². The lowest BCUT2D eigenvalue weighted by Gasteiger charge is -2.25. The molecule has 5 atom stereocenters. The van der Waals surface area contributed by atoms with E-state index in [4.69, 9.17) is 21.8 Å². The van der Waals surface area contributed by atoms with Crippen molar-refractivity contribution in [2.45, 2.75) is 63.8 Å². The standard InChI is InChI=1S/C11H21BFO5P/c1-6(2)16-5-8-10(9(13)11(12)17-8)18-19(14,15)7(3)4/h6-11H,5H2,1-4H3,(H,14,15)/t8-,9-,10-,11-/m1/s1. The van der Waals surface area contributed by atoms with Gasteiger partial charge in [0.15, 0.2) is 0 Å². The summed E-state index contributed by atoms with van der Waals surface area (Å²) in [7, 11) is 1.56. The number of alkyl halides is 1. The fourth-order valence-electron chi connectivity index (χ4n) is 1.59. The molecule has 0 spiro atoms. The lowest BCUT2D eigenvalue weighted by Crippen LogP contribution is -2.35. The average Bonchev–Trinajstić information content (AvgIpc) is 2.53. The van der Waals surface area contributed by atoms with Crippen LogP contribution in [0.5, 0.6) is 0 Å². The quantitative estimate of drug-likeness (QED) is 0.595. The first-order valence-corrected chi connectivity index (χ1v) is 7.97. The molecule has 0 aromatic rings. The Morgan fingerprint density at radius 1 is 1.42 bits per heavy atom. The van der Waals surface area contributed by atoms with Gasteiger partial charge in [0.05, 0.1) is 24.4 Å². The number of ether oxygens (including phenoxy) is 2. The van der Waals surface area contributed by atoms with Crippen LogP contribution in [-0.2, 0) is 18.6 Å². The van der Waals surface area contributed by atoms with Gasteiger partial charge in [0.1, 0.15) is 26.2 Å². The van der Waals surface area contributed by atoms with Gasteiger partial charge >= 0.3 is 7.60 Å². The summed E-state index contributed by atoms with van der Waals surface area (Å²) in [5.74, 6) is 0. The fourth-order valence-corrected chi connectivity index (χ4v) is 2.43. The minimum Gasteiger partial charge on any atom is -0.376 e. The van der Waals surface area contributed by atoms with Crippen LogP contribution >= 0.6 is 7.60 Å². The molecule has 0 amide bonds. The van der Waals surface area contributed by atoms with Crippen LogP contribution in [0.3, 0.4) is 0 Å². The molecule has 110 valence electrons. The Morgan fingerprint density at radius 3 is 2.47 bits per heavy atom. The number of rotatable bonds is 6. The summed E-state index contributed by atoms with van der Waals surface area (Å²) in [5, 5.41) is 0. The zero-order chi connectivity index (χ0) is 14.8. The molecule has 0 bridgehead atoms. The van der Waals surface area contributed by atoms with Gasteiger partial charge in [0.25, 0.3) is 0 Å². The monoisotopic (exact) mass is 294 g/mol. The zero-order valence-corrected chi connectivity index (χ0v) is 12.5. The van der Waals surface area contributed by atoms with Crippen LogP contribution in [-0.4, -0.2) is 55.5 Å². The van der Waals surface area contributed by atoms with Crippen molar-refractivity contribution in [3.63, 3.8) is 0 Å². The molecule has 1 fully saturated rings. The first-order chi connectivity index (χ1) is 8.65. The Kier molecular flexibility index (Phi) is 6.02. The molecular formula is C11H21BFO5P. The minimum atomic E-state index is -3.89. The van der Waals surface area contributed by atoms with Gasteiger partial charge in [-0.2, -0.15) is 0 Å². The zero-order valence-electron chi connectivity index (χ0n) is 11.7. The lowest BCUT2D eigenvalue weighted by atomic mass is 9.94. The molecule has 0 saturated carbocycles. The molecule has 1 aliphatic heterocycles. The highest BCUT2D eigenvalue weighted by atomic mass is 31.2. The van der Waals surface area contributed by atoms with Crippen molar-refractivity contribution in [3.05, 3.63) is 0 Å². The highest BCUT2D eigenvalue weighted by Crippen LogP contribution is 2.50. The molecule has 1 rings (SSSR count). The van der Waals surface area contributed by atoms with Gasteiger partial charge in [0.2, 0.25) is 0 Å². The van der Waals surface area contributed by atoms with E-state index in [1.807, 2.05) is 13.8 Å². The number of hydrogen-bond donors (Lipinski definition) is 1. The Morgan fingerprint density at radius 2 is 2.00 bits per heavy atom. The van der Waals surface area contributed by atoms with Crippen molar-refractivity contribution in [1.82, 2.24) is 0 Å². The van der Waals surface area contributed by atoms with Gasteiger partial charge in [-0.1, -0.05) is 13.8 Å². The molecule has 0 aromatic heterocycles. The molecule has 1 saturated heterocycles. The maximum absolute atomic E-state index is 13.9. The highest BCUT2D eigenvalue weighted by molar-refractivity contribution is 7.53. The molecule has 0 aromatic carbocycles. The molecular weight excluding hydrogens is 273 g/mol. The van der Waals surface area contributed by atoms with E-state index in [1.54, 1.807) is 0 Å². The summed E-state index contributed by atoms with van der Waals surface area (Å²) in [6, 6.07) is -1.17. The van der Waals surface area contributed by atoms with Gasteiger partial charge < -0.3 is 14.4 Å². The number of hydrogen-bond acceptors (Lipinski definition) is 4. The fraction of sp³-hybridized carbons (Fsp3) is 1.00. The summed E-state index contributed by atoms with van der Waals surface area (Å²) < 4.78 is 41.3. The maximum Gasteiger partial charge on any atom is 0.331 e. The lowest BCUT2D eigenvalue weighted by molar-refractivity contribution is -0.0438. The molecule has 8 heteroatoms. The van der Waals surface area contributed by atoms with E-state index in [-0.39, 0.29) is 12.7 Å². The van der Waals surface area contributed by atoms with Crippen LogP contribution in [0.2, 0.25) is 0 Å². The summed E-state index contributed by atoms with van der Waals surface area (Å²) in [6.45, 7) is 6.77. The Bertz CT molecular complexity index is 341. The van der Waals surface area contributed by atoms with Crippen molar-refractivity contribution in [2.24, 2.45) is 0 Å². The van der Waals surface area contributed by atoms with Crippen molar-refractivity contribution in [3.8, 4) is 0 Å². The molecule has 5 nitrogen and oxygen atoms in total. The normalized spacial score (nSPS) is 34.9. The molecule has 1 unspecified atom stereocenters. The molecule has 1 N–H and O–H groups in total. The van der Waals surface area contributed by atoms with E-state index >= 15 is 0 Å². The van der Waals surface area contributed by atoms with Crippen molar-refractivity contribution in [2.75, 3.05) is 6.61 Å². The molecule has 1 heterocycles. The third kappa shape index (κ3) is 4.53. The Hall–Kier alpha value is 0.0649. The van der Waals surface area contributed by atoms with Crippen LogP contribution in [0, 0.1) is 0 Å². The van der Waals surface area contributed by atoms with Gasteiger partial charge in [-0.25, -0.2) is 4.39 Å². The highest BCUT2D eigenvalue weighted by Gasteiger charge is 2.47. The summed E-state index contributed by atoms with van der Waals surface area (Å²) in [4.78, 5) is 9.68. The third-order valence-electron chi connectivity index (χ3n) is 2.85. The number of halogens is 1. The second kappa shape index (κ2) is 6.68. The predicted molar refractivity (Wildman–Crippen MR) is 70.2 cm³/mol. The van der Waals surface area contributed by atoms with Gasteiger partial charge in [0, 0.05) is 0 Å². The van der Waals surface area contributed by atoms with E-state index in [2.05, 4.69) is 0 Å². The predicted octanol–water partition coefficient (Wildman–Crippen LogP) is 1.62. The topological polar surface area (TPSA) is 65.0 Å². The van der Waals surface area contributed by atoms with Crippen molar-refractivity contribution in [1.29, 1.82) is 0 Å². The van der Waals surface area contributed by atoms with Crippen LogP contribution in [0.1, 0.15) is 27.7 Å². The molecule has 2 radical (unpaired) electrons. The minimum absolute atomic E-state index is 0.0640. The Labute approximate surface area is 114 Å². The van der Waals surface area contributed by atoms with E-state index < -0.39 is 37.6 Å². The Balaban J connectivity index is 2.72. The van der Waals surface area contributed by atoms with E-state index in [0.717, 1.165) is 0 Å². The van der Waals surface area contributed by atoms with E-state index in [1.165, 1.54) is 13.8 Å². The summed E-state index contributed by atoms with van der Waals surface area (Å²) in [6.07, 6.45) is -3.69. The smallest absolute Gasteiger partial charge is 0.331 e. The SMILES string of the molecule is [B][C@@H]1O[C@H](COC(C)C)[C@@H](OP(=O)(O)C(C)C)[C@H]1F. The molecule has 0 aliphatic carbocycles. The molecule has 19 heavy (non-hydrogen) atoms. The van der Waals surface area contributed by atoms with Gasteiger partial charge in [-0.15, -0.1) is 0 Å². The van der Waals surface area contributed by atoms with Gasteiger partial charge in [-0.3, -0.25) is 9.09 Å². The molecule has 1 aliphatic rings. The van der Waals surface area contributed by atoms with Crippen LogP contribution in [0.25, 0.3) is 0 Å². The van der Waals surface area contributed by atoms with Gasteiger partial charge in [-0.05, 0) is 13.8 Å². The third-order valence-corrected chi connectivity index (χ3v) is 4.70. The van der Waals surface area contributed by atoms with Crippen LogP contribution in [0.4, 0.5) is 4.39 Å². The second-order valence-corrected chi connectivity index (χ2v) is 7.57. The average molecular weight is 294 g/mol. The van der Waals surface area contributed by atoms with E-state index in [9.17, 15) is 13.8 Å². The first-order valence-electron chi connectivity index (χ1n) is 6.32. The van der Waals surface area contributed by atoms with Crippen molar-refractivity contribution >= 4 is 15.4 Å². The van der Waals surface area contributed by atoms with E-state index in [0.29, 0.717) is 0 Å². The maximum atomic E-state index is 13.9. The first kappa shape index (κ1) is 17.1. The summed E-state index contributed by atoms with van der Waals surface area (Å²) >= 11 is 0.